The van der Waals surface area contributed by atoms with Crippen LogP contribution in [-0.2, 0) is 17.8 Å². The summed E-state index contributed by atoms with van der Waals surface area (Å²) in [6, 6.07) is 17.6. The number of rotatable bonds is 8. The smallest absolute Gasteiger partial charge is 0.408 e. The highest BCUT2D eigenvalue weighted by Gasteiger charge is 2.31. The van der Waals surface area contributed by atoms with Crippen molar-refractivity contribution in [3.8, 4) is 0 Å². The molecule has 12 heteroatoms. The number of hydrogen-bond donors (Lipinski definition) is 3. The van der Waals surface area contributed by atoms with E-state index in [1.807, 2.05) is 0 Å². The average molecular weight is 580 g/mol. The molecule has 5 rings (SSSR count). The van der Waals surface area contributed by atoms with E-state index in [0.29, 0.717) is 22.6 Å². The van der Waals surface area contributed by atoms with Gasteiger partial charge in [0.05, 0.1) is 23.3 Å². The van der Waals surface area contributed by atoms with Crippen molar-refractivity contribution in [3.63, 3.8) is 0 Å². The van der Waals surface area contributed by atoms with Gasteiger partial charge in [0.2, 0.25) is 0 Å². The molecule has 0 spiro atoms. The maximum atomic E-state index is 13.5. The molecule has 0 atom stereocenters. The van der Waals surface area contributed by atoms with Crippen LogP contribution in [0.3, 0.4) is 0 Å². The van der Waals surface area contributed by atoms with Crippen LogP contribution in [0.15, 0.2) is 66.7 Å². The van der Waals surface area contributed by atoms with Crippen LogP contribution < -0.4 is 15.5 Å². The first-order valence-electron chi connectivity index (χ1n) is 13.4. The average Bonchev–Trinajstić information content (AvgIpc) is 3.31. The van der Waals surface area contributed by atoms with E-state index < -0.39 is 30.5 Å². The number of alkyl halides is 3. The molecule has 3 aromatic carbocycles. The Morgan fingerprint density at radius 1 is 0.857 bits per heavy atom. The molecular formula is C30H28F3N5O4. The van der Waals surface area contributed by atoms with Crippen molar-refractivity contribution >= 4 is 45.7 Å². The number of carbonyl (C=O) groups excluding carboxylic acids is 2. The van der Waals surface area contributed by atoms with Gasteiger partial charge >= 0.3 is 12.1 Å². The van der Waals surface area contributed by atoms with Gasteiger partial charge in [-0.25, -0.2) is 0 Å². The quantitative estimate of drug-likeness (QED) is 0.246. The van der Waals surface area contributed by atoms with E-state index in [0.717, 1.165) is 37.0 Å². The third kappa shape index (κ3) is 6.54. The second kappa shape index (κ2) is 11.9. The molecule has 42 heavy (non-hydrogen) atoms. The van der Waals surface area contributed by atoms with Crippen LogP contribution >= 0.6 is 0 Å². The maximum absolute atomic E-state index is 13.5. The molecule has 3 N–H and O–H groups in total. The summed E-state index contributed by atoms with van der Waals surface area (Å²) in [7, 11) is 0. The molecule has 1 fully saturated rings. The fourth-order valence-corrected chi connectivity index (χ4v) is 5.11. The molecule has 1 aromatic heterocycles. The van der Waals surface area contributed by atoms with Crippen molar-refractivity contribution in [2.24, 2.45) is 0 Å². The summed E-state index contributed by atoms with van der Waals surface area (Å²) in [5, 5.41) is 19.0. The Labute approximate surface area is 238 Å². The van der Waals surface area contributed by atoms with E-state index in [9.17, 15) is 32.7 Å². The molecule has 2 amide bonds. The van der Waals surface area contributed by atoms with Crippen molar-refractivity contribution in [1.82, 2.24) is 9.78 Å². The number of aliphatic carboxylic acids is 1. The van der Waals surface area contributed by atoms with Crippen molar-refractivity contribution in [3.05, 3.63) is 83.6 Å². The fourth-order valence-electron chi connectivity index (χ4n) is 5.11. The van der Waals surface area contributed by atoms with Crippen LogP contribution in [0.25, 0.3) is 10.9 Å². The number of hydrogen-bond acceptors (Lipinski definition) is 5. The Kier molecular flexibility index (Phi) is 8.14. The summed E-state index contributed by atoms with van der Waals surface area (Å²) in [6.45, 7) is 0.124. The lowest BCUT2D eigenvalue weighted by Gasteiger charge is -2.30. The first-order valence-corrected chi connectivity index (χ1v) is 13.4. The molecule has 2 heterocycles. The number of anilines is 3. The summed E-state index contributed by atoms with van der Waals surface area (Å²) in [6.07, 6.45) is -1.85. The monoisotopic (exact) mass is 579 g/mol. The predicted octanol–water partition coefficient (Wildman–Crippen LogP) is 5.72. The zero-order valence-electron chi connectivity index (χ0n) is 22.4. The minimum atomic E-state index is -4.53. The molecular weight excluding hydrogens is 551 g/mol. The minimum Gasteiger partial charge on any atom is -0.481 e. The number of carboxylic acids is 1. The highest BCUT2D eigenvalue weighted by atomic mass is 19.4. The zero-order valence-corrected chi connectivity index (χ0v) is 22.4. The highest BCUT2D eigenvalue weighted by molar-refractivity contribution is 6.13. The van der Waals surface area contributed by atoms with Gasteiger partial charge in [-0.15, -0.1) is 0 Å². The van der Waals surface area contributed by atoms with Crippen LogP contribution in [-0.4, -0.2) is 51.9 Å². The number of nitrogens with zero attached hydrogens (tertiary/aromatic N) is 3. The zero-order chi connectivity index (χ0) is 29.9. The van der Waals surface area contributed by atoms with Crippen molar-refractivity contribution in [2.75, 3.05) is 28.6 Å². The van der Waals surface area contributed by atoms with Crippen LogP contribution in [0.4, 0.5) is 30.2 Å². The number of amides is 2. The van der Waals surface area contributed by atoms with Crippen LogP contribution in [0.1, 0.15) is 45.7 Å². The Balaban J connectivity index is 1.48. The van der Waals surface area contributed by atoms with Gasteiger partial charge in [-0.05, 0) is 55.2 Å². The number of para-hydroxylation sites is 2. The Bertz CT molecular complexity index is 1640. The molecule has 4 aromatic rings. The lowest BCUT2D eigenvalue weighted by Crippen LogP contribution is -2.30. The second-order valence-corrected chi connectivity index (χ2v) is 10.1. The number of benzene rings is 3. The number of halogens is 3. The van der Waals surface area contributed by atoms with Gasteiger partial charge in [0.25, 0.3) is 11.8 Å². The molecule has 0 bridgehead atoms. The summed E-state index contributed by atoms with van der Waals surface area (Å²) in [4.78, 5) is 40.1. The fraction of sp³-hybridized carbons (Fsp3) is 0.267. The van der Waals surface area contributed by atoms with E-state index in [-0.39, 0.29) is 28.6 Å². The van der Waals surface area contributed by atoms with Crippen molar-refractivity contribution in [2.45, 2.75) is 38.4 Å². The molecule has 0 unspecified atom stereocenters. The van der Waals surface area contributed by atoms with Crippen LogP contribution in [0, 0.1) is 0 Å². The van der Waals surface area contributed by atoms with Gasteiger partial charge in [0.15, 0.2) is 5.69 Å². The number of carboxylic acid groups (broad SMARTS) is 1. The summed E-state index contributed by atoms with van der Waals surface area (Å²) >= 11 is 0. The molecule has 1 saturated heterocycles. The molecule has 218 valence electrons. The van der Waals surface area contributed by atoms with Gasteiger partial charge in [-0.2, -0.15) is 18.3 Å². The van der Waals surface area contributed by atoms with Crippen LogP contribution in [0.5, 0.6) is 0 Å². The summed E-state index contributed by atoms with van der Waals surface area (Å²) in [5.74, 6) is -2.28. The topological polar surface area (TPSA) is 117 Å². The largest absolute Gasteiger partial charge is 0.481 e. The van der Waals surface area contributed by atoms with Crippen molar-refractivity contribution < 1.29 is 32.7 Å². The number of fused-ring (bicyclic) bond motifs is 1. The maximum Gasteiger partial charge on any atom is 0.408 e. The number of piperidine rings is 1. The SMILES string of the molecule is O=C(O)Cc1ccccc1NC(=O)c1ccc(N2CCCCC2)c(NC(=O)c2nn(CC(F)(F)F)c3ccccc23)c1. The summed E-state index contributed by atoms with van der Waals surface area (Å²) < 4.78 is 40.4. The molecule has 1 aliphatic heterocycles. The second-order valence-electron chi connectivity index (χ2n) is 10.1. The van der Waals surface area contributed by atoms with E-state index >= 15 is 0 Å². The molecule has 0 saturated carbocycles. The minimum absolute atomic E-state index is 0.170. The third-order valence-corrected chi connectivity index (χ3v) is 7.01. The number of nitrogens with one attached hydrogen (secondary N) is 2. The molecule has 0 radical (unpaired) electrons. The number of aromatic nitrogens is 2. The first-order chi connectivity index (χ1) is 20.1. The molecule has 1 aliphatic rings. The van der Waals surface area contributed by atoms with E-state index in [2.05, 4.69) is 20.6 Å². The molecule has 9 nitrogen and oxygen atoms in total. The lowest BCUT2D eigenvalue weighted by molar-refractivity contribution is -0.142. The number of carbonyl (C=O) groups is 3. The third-order valence-electron chi connectivity index (χ3n) is 7.01. The first kappa shape index (κ1) is 28.7. The highest BCUT2D eigenvalue weighted by Crippen LogP contribution is 2.32. The normalized spacial score (nSPS) is 13.6. The van der Waals surface area contributed by atoms with Crippen molar-refractivity contribution in [1.29, 1.82) is 0 Å². The van der Waals surface area contributed by atoms with E-state index in [4.69, 9.17) is 0 Å². The summed E-state index contributed by atoms with van der Waals surface area (Å²) in [5.41, 5.74) is 1.95. The Hall–Kier alpha value is -4.87. The van der Waals surface area contributed by atoms with Gasteiger partial charge in [-0.3, -0.25) is 19.1 Å². The van der Waals surface area contributed by atoms with E-state index in [1.54, 1.807) is 48.5 Å². The Morgan fingerprint density at radius 2 is 1.55 bits per heavy atom. The van der Waals surface area contributed by atoms with Crippen LogP contribution in [0.2, 0.25) is 0 Å². The predicted molar refractivity (Wildman–Crippen MR) is 152 cm³/mol. The van der Waals surface area contributed by atoms with Gasteiger partial charge in [0, 0.05) is 29.7 Å². The van der Waals surface area contributed by atoms with Gasteiger partial charge in [0.1, 0.15) is 6.54 Å². The van der Waals surface area contributed by atoms with Gasteiger partial charge < -0.3 is 20.6 Å². The standard InChI is InChI=1S/C30H28F3N5O4/c31-30(32,33)18-38-24-11-5-3-9-21(24)27(36-38)29(42)35-23-16-20(12-13-25(23)37-14-6-1-7-15-37)28(41)34-22-10-4-2-8-19(22)17-26(39)40/h2-5,8-13,16H,1,6-7,14-15,17-18H2,(H,34,41)(H,35,42)(H,39,40). The van der Waals surface area contributed by atoms with Gasteiger partial charge in [-0.1, -0.05) is 36.4 Å². The Morgan fingerprint density at radius 3 is 2.29 bits per heavy atom. The van der Waals surface area contributed by atoms with E-state index in [1.165, 1.54) is 18.2 Å². The molecule has 0 aliphatic carbocycles. The lowest BCUT2D eigenvalue weighted by atomic mass is 10.1.